The maximum Gasteiger partial charge on any atom is 0.160 e. The van der Waals surface area contributed by atoms with E-state index in [-0.39, 0.29) is 14.7 Å². The molecule has 104 valence electrons. The van der Waals surface area contributed by atoms with E-state index in [1.165, 1.54) is 6.42 Å². The van der Waals surface area contributed by atoms with Crippen molar-refractivity contribution in [3.63, 3.8) is 0 Å². The van der Waals surface area contributed by atoms with Gasteiger partial charge in [0.25, 0.3) is 0 Å². The smallest absolute Gasteiger partial charge is 0.160 e. The Balaban J connectivity index is 1.99. The van der Waals surface area contributed by atoms with Crippen molar-refractivity contribution in [2.24, 2.45) is 0 Å². The summed E-state index contributed by atoms with van der Waals surface area (Å²) in [5, 5.41) is -0.0430. The second kappa shape index (κ2) is 6.87. The molecule has 0 bridgehead atoms. The molecule has 4 heteroatoms. The topological polar surface area (TPSA) is 35.5 Å². The van der Waals surface area contributed by atoms with Gasteiger partial charge in [-0.3, -0.25) is 4.79 Å². The number of carbonyl (C=O) groups excluding carboxylic acids is 1. The van der Waals surface area contributed by atoms with Gasteiger partial charge in [0.15, 0.2) is 12.4 Å². The van der Waals surface area contributed by atoms with Crippen LogP contribution in [0.3, 0.4) is 0 Å². The molecule has 1 saturated heterocycles. The fourth-order valence-corrected chi connectivity index (χ4v) is 4.18. The molecule has 0 N–H and O–H groups in total. The summed E-state index contributed by atoms with van der Waals surface area (Å²) in [5.74, 6) is 0.753. The van der Waals surface area contributed by atoms with Crippen LogP contribution in [-0.2, 0) is 9.53 Å². The lowest BCUT2D eigenvalue weighted by atomic mass is 10.0. The van der Waals surface area contributed by atoms with Crippen LogP contribution in [-0.4, -0.2) is 33.7 Å². The first kappa shape index (κ1) is 14.3. The maximum atomic E-state index is 11.3. The summed E-state index contributed by atoms with van der Waals surface area (Å²) >= 11 is 0. The summed E-state index contributed by atoms with van der Waals surface area (Å²) in [4.78, 5) is 11.3. The molecule has 1 aromatic rings. The molecule has 1 aromatic carbocycles. The standard InChI is InChI=1S/C15H22O3Si/c1-19-15(9-5-6-10-17-15)11-14(12-16)18-13-7-3-2-4-8-13/h2-4,7-8,12,14H,5-6,9-11,19H2,1H3. The van der Waals surface area contributed by atoms with Gasteiger partial charge in [0.05, 0.1) is 14.7 Å². The van der Waals surface area contributed by atoms with Crippen LogP contribution in [0.15, 0.2) is 30.3 Å². The highest BCUT2D eigenvalue weighted by Gasteiger charge is 2.34. The van der Waals surface area contributed by atoms with E-state index in [9.17, 15) is 4.79 Å². The average molecular weight is 278 g/mol. The Labute approximate surface area is 117 Å². The number of carbonyl (C=O) groups is 1. The second-order valence-electron chi connectivity index (χ2n) is 5.15. The van der Waals surface area contributed by atoms with E-state index >= 15 is 0 Å². The lowest BCUT2D eigenvalue weighted by molar-refractivity contribution is -0.117. The predicted octanol–water partition coefficient (Wildman–Crippen LogP) is 2.14. The van der Waals surface area contributed by atoms with Gasteiger partial charge in [-0.25, -0.2) is 0 Å². The van der Waals surface area contributed by atoms with E-state index in [2.05, 4.69) is 6.55 Å². The molecule has 0 saturated carbocycles. The van der Waals surface area contributed by atoms with Gasteiger partial charge in [-0.2, -0.15) is 0 Å². The molecule has 1 aliphatic rings. The largest absolute Gasteiger partial charge is 0.483 e. The molecule has 0 amide bonds. The van der Waals surface area contributed by atoms with Crippen molar-refractivity contribution in [2.75, 3.05) is 6.61 Å². The van der Waals surface area contributed by atoms with Gasteiger partial charge in [0.2, 0.25) is 0 Å². The third kappa shape index (κ3) is 3.91. The van der Waals surface area contributed by atoms with Gasteiger partial charge in [-0.05, 0) is 31.4 Å². The van der Waals surface area contributed by atoms with Crippen molar-refractivity contribution in [3.05, 3.63) is 30.3 Å². The van der Waals surface area contributed by atoms with E-state index < -0.39 is 6.10 Å². The second-order valence-corrected chi connectivity index (χ2v) is 7.15. The minimum atomic E-state index is -0.395. The molecular weight excluding hydrogens is 256 g/mol. The number of hydrogen-bond donors (Lipinski definition) is 0. The Bertz CT molecular complexity index is 388. The van der Waals surface area contributed by atoms with Crippen molar-refractivity contribution >= 4 is 15.8 Å². The van der Waals surface area contributed by atoms with Crippen LogP contribution >= 0.6 is 0 Å². The van der Waals surface area contributed by atoms with Crippen LogP contribution in [0, 0.1) is 0 Å². The summed E-state index contributed by atoms with van der Waals surface area (Å²) in [6.45, 7) is 3.09. The maximum absolute atomic E-state index is 11.3. The quantitative estimate of drug-likeness (QED) is 0.591. The molecule has 1 heterocycles. The predicted molar refractivity (Wildman–Crippen MR) is 78.5 cm³/mol. The van der Waals surface area contributed by atoms with Crippen LogP contribution < -0.4 is 4.74 Å². The summed E-state index contributed by atoms with van der Waals surface area (Å²) in [7, 11) is -0.341. The number of para-hydroxylation sites is 1. The highest BCUT2D eigenvalue weighted by Crippen LogP contribution is 2.29. The zero-order chi connectivity index (χ0) is 13.6. The van der Waals surface area contributed by atoms with Crippen LogP contribution in [0.5, 0.6) is 5.75 Å². The van der Waals surface area contributed by atoms with Crippen LogP contribution in [0.25, 0.3) is 0 Å². The Kier molecular flexibility index (Phi) is 5.16. The molecule has 2 rings (SSSR count). The minimum Gasteiger partial charge on any atom is -0.483 e. The van der Waals surface area contributed by atoms with Gasteiger partial charge >= 0.3 is 0 Å². The Morgan fingerprint density at radius 3 is 2.79 bits per heavy atom. The first-order valence-electron chi connectivity index (χ1n) is 7.09. The molecule has 19 heavy (non-hydrogen) atoms. The van der Waals surface area contributed by atoms with Crippen molar-refractivity contribution in [3.8, 4) is 5.75 Å². The van der Waals surface area contributed by atoms with Gasteiger partial charge in [-0.1, -0.05) is 24.7 Å². The summed E-state index contributed by atoms with van der Waals surface area (Å²) in [6, 6.07) is 9.54. The lowest BCUT2D eigenvalue weighted by Gasteiger charge is -2.38. The van der Waals surface area contributed by atoms with Crippen LogP contribution in [0.1, 0.15) is 25.7 Å². The molecular formula is C15H22O3Si. The molecule has 0 aliphatic carbocycles. The SMILES string of the molecule is C[SiH2]C1(CC(C=O)Oc2ccccc2)CCCCO1. The summed E-state index contributed by atoms with van der Waals surface area (Å²) in [5.41, 5.74) is 0. The molecule has 1 aliphatic heterocycles. The van der Waals surface area contributed by atoms with Crippen molar-refractivity contribution in [1.29, 1.82) is 0 Å². The number of aldehydes is 1. The highest BCUT2D eigenvalue weighted by atomic mass is 28.2. The molecule has 0 spiro atoms. The molecule has 2 atom stereocenters. The third-order valence-electron chi connectivity index (χ3n) is 3.83. The van der Waals surface area contributed by atoms with Gasteiger partial charge in [0, 0.05) is 13.0 Å². The molecule has 2 unspecified atom stereocenters. The Morgan fingerprint density at radius 2 is 2.21 bits per heavy atom. The summed E-state index contributed by atoms with van der Waals surface area (Å²) < 4.78 is 11.8. The van der Waals surface area contributed by atoms with Crippen LogP contribution in [0.4, 0.5) is 0 Å². The van der Waals surface area contributed by atoms with Gasteiger partial charge in [-0.15, -0.1) is 0 Å². The minimum absolute atomic E-state index is 0.0430. The molecule has 1 fully saturated rings. The highest BCUT2D eigenvalue weighted by molar-refractivity contribution is 6.37. The Hall–Kier alpha value is -1.13. The van der Waals surface area contributed by atoms with Crippen molar-refractivity contribution < 1.29 is 14.3 Å². The fraction of sp³-hybridized carbons (Fsp3) is 0.533. The normalized spacial score (nSPS) is 25.3. The Morgan fingerprint density at radius 1 is 1.42 bits per heavy atom. The van der Waals surface area contributed by atoms with Crippen molar-refractivity contribution in [1.82, 2.24) is 0 Å². The molecule has 0 aromatic heterocycles. The monoisotopic (exact) mass is 278 g/mol. The first-order chi connectivity index (χ1) is 9.28. The fourth-order valence-electron chi connectivity index (χ4n) is 2.65. The van der Waals surface area contributed by atoms with Gasteiger partial charge in [0.1, 0.15) is 5.75 Å². The zero-order valence-electron chi connectivity index (χ0n) is 11.5. The van der Waals surface area contributed by atoms with E-state index in [4.69, 9.17) is 9.47 Å². The van der Waals surface area contributed by atoms with Crippen LogP contribution in [0.2, 0.25) is 6.55 Å². The van der Waals surface area contributed by atoms with Gasteiger partial charge < -0.3 is 9.47 Å². The third-order valence-corrected chi connectivity index (χ3v) is 5.97. The number of rotatable bonds is 6. The van der Waals surface area contributed by atoms with E-state index in [0.29, 0.717) is 6.42 Å². The molecule has 3 nitrogen and oxygen atoms in total. The van der Waals surface area contributed by atoms with Crippen molar-refractivity contribution in [2.45, 2.75) is 43.6 Å². The first-order valence-corrected chi connectivity index (χ1v) is 9.21. The zero-order valence-corrected chi connectivity index (χ0v) is 12.9. The van der Waals surface area contributed by atoms with E-state index in [1.807, 2.05) is 30.3 Å². The summed E-state index contributed by atoms with van der Waals surface area (Å²) in [6.07, 6.45) is 4.65. The average Bonchev–Trinajstić information content (AvgIpc) is 2.48. The lowest BCUT2D eigenvalue weighted by Crippen LogP contribution is -2.45. The molecule has 0 radical (unpaired) electrons. The number of hydrogen-bond acceptors (Lipinski definition) is 3. The number of ether oxygens (including phenoxy) is 2. The van der Waals surface area contributed by atoms with E-state index in [0.717, 1.165) is 31.5 Å². The van der Waals surface area contributed by atoms with E-state index in [1.54, 1.807) is 0 Å². The number of benzene rings is 1.